The van der Waals surface area contributed by atoms with Crippen LogP contribution < -0.4 is 5.32 Å². The van der Waals surface area contributed by atoms with Crippen LogP contribution in [0.4, 0.5) is 5.82 Å². The number of halogens is 1. The number of hydrogen-bond acceptors (Lipinski definition) is 4. The summed E-state index contributed by atoms with van der Waals surface area (Å²) in [7, 11) is 1.85. The summed E-state index contributed by atoms with van der Waals surface area (Å²) in [6.45, 7) is 2.56. The van der Waals surface area contributed by atoms with Gasteiger partial charge in [-0.05, 0) is 18.6 Å². The van der Waals surface area contributed by atoms with Crippen molar-refractivity contribution in [2.24, 2.45) is 0 Å². The minimum absolute atomic E-state index is 0.671. The van der Waals surface area contributed by atoms with Gasteiger partial charge in [0.25, 0.3) is 0 Å². The first-order valence-corrected chi connectivity index (χ1v) is 7.09. The Balaban J connectivity index is 2.09. The van der Waals surface area contributed by atoms with E-state index >= 15 is 0 Å². The van der Waals surface area contributed by atoms with Crippen LogP contribution in [-0.4, -0.2) is 26.8 Å². The summed E-state index contributed by atoms with van der Waals surface area (Å²) in [4.78, 5) is 8.88. The van der Waals surface area contributed by atoms with Crippen molar-refractivity contribution in [3.63, 3.8) is 0 Å². The lowest BCUT2D eigenvalue weighted by molar-refractivity contribution is 0.700. The number of fused-ring (bicyclic) bond motifs is 1. The fraction of sp³-hybridized carbons (Fsp3) is 0.214. The van der Waals surface area contributed by atoms with Gasteiger partial charge >= 0.3 is 0 Å². The van der Waals surface area contributed by atoms with Crippen LogP contribution >= 0.6 is 15.9 Å². The zero-order valence-electron chi connectivity index (χ0n) is 11.3. The molecule has 2 heterocycles. The summed E-state index contributed by atoms with van der Waals surface area (Å²) < 4.78 is 2.97. The zero-order chi connectivity index (χ0) is 14.1. The molecule has 0 spiro atoms. The van der Waals surface area contributed by atoms with Crippen molar-refractivity contribution < 1.29 is 0 Å². The second-order valence-corrected chi connectivity index (χ2v) is 5.35. The molecule has 102 valence electrons. The lowest BCUT2D eigenvalue weighted by Crippen LogP contribution is -2.05. The Labute approximate surface area is 125 Å². The largest absolute Gasteiger partial charge is 0.372 e. The highest BCUT2D eigenvalue weighted by Crippen LogP contribution is 2.22. The number of benzene rings is 1. The summed E-state index contributed by atoms with van der Waals surface area (Å²) in [6.07, 6.45) is 1.80. The average Bonchev–Trinajstić information content (AvgIpc) is 2.83. The van der Waals surface area contributed by atoms with E-state index in [1.165, 1.54) is 5.56 Å². The minimum Gasteiger partial charge on any atom is -0.372 e. The lowest BCUT2D eigenvalue weighted by Gasteiger charge is -2.07. The Morgan fingerprint density at radius 2 is 2.05 bits per heavy atom. The van der Waals surface area contributed by atoms with Gasteiger partial charge in [0, 0.05) is 11.5 Å². The van der Waals surface area contributed by atoms with Gasteiger partial charge in [0.2, 0.25) is 0 Å². The Hall–Kier alpha value is -1.95. The first-order valence-electron chi connectivity index (χ1n) is 6.30. The fourth-order valence-electron chi connectivity index (χ4n) is 2.16. The van der Waals surface area contributed by atoms with Gasteiger partial charge in [-0.3, -0.25) is 0 Å². The van der Waals surface area contributed by atoms with Crippen LogP contribution in [0.15, 0.2) is 34.9 Å². The summed E-state index contributed by atoms with van der Waals surface area (Å²) in [5, 5.41) is 8.46. The van der Waals surface area contributed by atoms with Gasteiger partial charge in [-0.25, -0.2) is 14.6 Å². The van der Waals surface area contributed by atoms with Crippen LogP contribution in [0.1, 0.15) is 11.4 Å². The minimum atomic E-state index is 0.671. The van der Waals surface area contributed by atoms with E-state index in [0.717, 1.165) is 27.1 Å². The molecule has 0 radical (unpaired) electrons. The van der Waals surface area contributed by atoms with E-state index in [4.69, 9.17) is 0 Å². The van der Waals surface area contributed by atoms with Crippen LogP contribution in [0.5, 0.6) is 0 Å². The van der Waals surface area contributed by atoms with E-state index in [2.05, 4.69) is 42.4 Å². The maximum Gasteiger partial charge on any atom is 0.163 e. The molecule has 0 aliphatic carbocycles. The standard InChI is InChI=1S/C14H14BrN5/c1-9-18-13(16-2)11-7-17-20(14(11)19-9)8-10-5-3-4-6-12(10)15/h3-7H,8H2,1-2H3,(H,16,18,19). The number of hydrogen-bond donors (Lipinski definition) is 1. The molecular weight excluding hydrogens is 318 g/mol. The molecule has 3 aromatic rings. The summed E-state index contributed by atoms with van der Waals surface area (Å²) >= 11 is 3.56. The van der Waals surface area contributed by atoms with Crippen molar-refractivity contribution in [3.05, 3.63) is 46.3 Å². The smallest absolute Gasteiger partial charge is 0.163 e. The summed E-state index contributed by atoms with van der Waals surface area (Å²) in [5.74, 6) is 1.54. The first kappa shape index (κ1) is 13.1. The quantitative estimate of drug-likeness (QED) is 0.801. The molecule has 5 nitrogen and oxygen atoms in total. The van der Waals surface area contributed by atoms with Crippen LogP contribution in [0.25, 0.3) is 11.0 Å². The van der Waals surface area contributed by atoms with Gasteiger partial charge in [0.05, 0.1) is 18.1 Å². The molecule has 0 aliphatic heterocycles. The molecular formula is C14H14BrN5. The van der Waals surface area contributed by atoms with Gasteiger partial charge in [-0.15, -0.1) is 0 Å². The topological polar surface area (TPSA) is 55.6 Å². The number of aromatic nitrogens is 4. The average molecular weight is 332 g/mol. The van der Waals surface area contributed by atoms with Gasteiger partial charge < -0.3 is 5.32 Å². The van der Waals surface area contributed by atoms with Crippen molar-refractivity contribution in [2.45, 2.75) is 13.5 Å². The predicted molar refractivity (Wildman–Crippen MR) is 82.9 cm³/mol. The second-order valence-electron chi connectivity index (χ2n) is 4.50. The number of nitrogens with one attached hydrogen (secondary N) is 1. The molecule has 0 saturated carbocycles. The molecule has 0 amide bonds. The molecule has 3 rings (SSSR count). The van der Waals surface area contributed by atoms with Crippen LogP contribution in [-0.2, 0) is 6.54 Å². The van der Waals surface area contributed by atoms with Gasteiger partial charge in [-0.1, -0.05) is 34.1 Å². The Kier molecular flexibility index (Phi) is 3.40. The lowest BCUT2D eigenvalue weighted by atomic mass is 10.2. The maximum atomic E-state index is 4.50. The third-order valence-corrected chi connectivity index (χ3v) is 3.90. The van der Waals surface area contributed by atoms with E-state index in [1.54, 1.807) is 6.20 Å². The molecule has 1 N–H and O–H groups in total. The van der Waals surface area contributed by atoms with E-state index in [0.29, 0.717) is 6.54 Å². The van der Waals surface area contributed by atoms with Crippen molar-refractivity contribution in [1.29, 1.82) is 0 Å². The van der Waals surface area contributed by atoms with Crippen LogP contribution in [0.3, 0.4) is 0 Å². The second kappa shape index (κ2) is 5.20. The SMILES string of the molecule is CNc1nc(C)nc2c1cnn2Cc1ccccc1Br. The monoisotopic (exact) mass is 331 g/mol. The highest BCUT2D eigenvalue weighted by Gasteiger charge is 2.11. The predicted octanol–water partition coefficient (Wildman–Crippen LogP) is 2.99. The molecule has 0 unspecified atom stereocenters. The van der Waals surface area contributed by atoms with Gasteiger partial charge in [0.1, 0.15) is 11.6 Å². The summed E-state index contributed by atoms with van der Waals surface area (Å²) in [6, 6.07) is 8.12. The third-order valence-electron chi connectivity index (χ3n) is 3.12. The van der Waals surface area contributed by atoms with Crippen molar-refractivity contribution in [3.8, 4) is 0 Å². The van der Waals surface area contributed by atoms with Crippen LogP contribution in [0.2, 0.25) is 0 Å². The molecule has 1 aromatic carbocycles. The van der Waals surface area contributed by atoms with Crippen molar-refractivity contribution in [1.82, 2.24) is 19.7 Å². The summed E-state index contributed by atoms with van der Waals surface area (Å²) in [5.41, 5.74) is 2.01. The molecule has 0 atom stereocenters. The van der Waals surface area contributed by atoms with E-state index in [9.17, 15) is 0 Å². The molecule has 6 heteroatoms. The van der Waals surface area contributed by atoms with Crippen LogP contribution in [0, 0.1) is 6.92 Å². The first-order chi connectivity index (χ1) is 9.69. The van der Waals surface area contributed by atoms with Gasteiger partial charge in [0.15, 0.2) is 5.65 Å². The molecule has 20 heavy (non-hydrogen) atoms. The Morgan fingerprint density at radius 3 is 2.80 bits per heavy atom. The van der Waals surface area contributed by atoms with Crippen molar-refractivity contribution in [2.75, 3.05) is 12.4 Å². The van der Waals surface area contributed by atoms with E-state index < -0.39 is 0 Å². The zero-order valence-corrected chi connectivity index (χ0v) is 12.8. The highest BCUT2D eigenvalue weighted by atomic mass is 79.9. The normalized spacial score (nSPS) is 10.9. The molecule has 0 bridgehead atoms. The maximum absolute atomic E-state index is 4.50. The molecule has 0 aliphatic rings. The molecule has 0 saturated heterocycles. The number of rotatable bonds is 3. The van der Waals surface area contributed by atoms with Gasteiger partial charge in [-0.2, -0.15) is 5.10 Å². The number of nitrogens with zero attached hydrogens (tertiary/aromatic N) is 4. The fourth-order valence-corrected chi connectivity index (χ4v) is 2.57. The Bertz CT molecular complexity index is 765. The van der Waals surface area contributed by atoms with Crippen molar-refractivity contribution >= 4 is 32.8 Å². The highest BCUT2D eigenvalue weighted by molar-refractivity contribution is 9.10. The number of anilines is 1. The Morgan fingerprint density at radius 1 is 1.25 bits per heavy atom. The molecule has 0 fully saturated rings. The number of aryl methyl sites for hydroxylation is 1. The molecule has 2 aromatic heterocycles. The third kappa shape index (κ3) is 2.27. The van der Waals surface area contributed by atoms with E-state index in [-0.39, 0.29) is 0 Å². The van der Waals surface area contributed by atoms with E-state index in [1.807, 2.05) is 36.9 Å².